The maximum atomic E-state index is 12.6. The number of carbonyl (C=O) groups is 2. The minimum Gasteiger partial charge on any atom is -0.444 e. The van der Waals surface area contributed by atoms with E-state index in [2.05, 4.69) is 15.2 Å². The fraction of sp³-hybridized carbons (Fsp3) is 0.550. The van der Waals surface area contributed by atoms with Crippen LogP contribution in [0.2, 0.25) is 0 Å². The molecular formula is C20H29N5O5S. The SMILES string of the molecule is CC(C)(C)OC(=O)N1CCN(CCNC(=O)c2nc(S(C)(=O)=O)n3ccccc23)CC1. The van der Waals surface area contributed by atoms with E-state index >= 15 is 0 Å². The van der Waals surface area contributed by atoms with Crippen LogP contribution in [0.1, 0.15) is 31.3 Å². The third kappa shape index (κ3) is 5.73. The van der Waals surface area contributed by atoms with Gasteiger partial charge in [-0.1, -0.05) is 6.07 Å². The van der Waals surface area contributed by atoms with Gasteiger partial charge in [0.25, 0.3) is 5.91 Å². The van der Waals surface area contributed by atoms with Crippen LogP contribution in [-0.4, -0.2) is 90.7 Å². The highest BCUT2D eigenvalue weighted by molar-refractivity contribution is 7.90. The first kappa shape index (κ1) is 23.0. The number of hydrogen-bond donors (Lipinski definition) is 1. The van der Waals surface area contributed by atoms with Gasteiger partial charge in [0.15, 0.2) is 5.69 Å². The van der Waals surface area contributed by atoms with E-state index < -0.39 is 21.3 Å². The molecule has 3 heterocycles. The summed E-state index contributed by atoms with van der Waals surface area (Å²) in [5, 5.41) is 2.65. The van der Waals surface area contributed by atoms with Crippen LogP contribution in [0.25, 0.3) is 5.52 Å². The first-order valence-corrected chi connectivity index (χ1v) is 12.0. The molecule has 2 aromatic heterocycles. The normalized spacial score (nSPS) is 15.8. The molecule has 1 aliphatic rings. The van der Waals surface area contributed by atoms with E-state index in [-0.39, 0.29) is 16.9 Å². The first-order valence-electron chi connectivity index (χ1n) is 10.1. The lowest BCUT2D eigenvalue weighted by molar-refractivity contribution is 0.0147. The Labute approximate surface area is 182 Å². The van der Waals surface area contributed by atoms with Gasteiger partial charge in [-0.2, -0.15) is 0 Å². The van der Waals surface area contributed by atoms with Gasteiger partial charge in [0.1, 0.15) is 5.60 Å². The lowest BCUT2D eigenvalue weighted by atomic mass is 10.2. The van der Waals surface area contributed by atoms with Crippen LogP contribution in [0, 0.1) is 0 Å². The molecule has 0 aromatic carbocycles. The van der Waals surface area contributed by atoms with Crippen molar-refractivity contribution in [1.82, 2.24) is 24.5 Å². The van der Waals surface area contributed by atoms with Crippen LogP contribution in [-0.2, 0) is 14.6 Å². The van der Waals surface area contributed by atoms with E-state index in [1.807, 2.05) is 20.8 Å². The number of aromatic nitrogens is 2. The number of amides is 2. The second kappa shape index (κ2) is 8.83. The Kier molecular flexibility index (Phi) is 6.56. The standard InChI is InChI=1S/C20H29N5O5S/c1-20(2,3)30-19(27)24-13-11-23(12-14-24)10-8-21-17(26)16-15-7-5-6-9-25(15)18(22-16)31(4,28)29/h5-7,9H,8,10-14H2,1-4H3,(H,21,26). The van der Waals surface area contributed by atoms with Gasteiger partial charge in [-0.15, -0.1) is 0 Å². The predicted molar refractivity (Wildman–Crippen MR) is 115 cm³/mol. The van der Waals surface area contributed by atoms with Crippen molar-refractivity contribution in [3.05, 3.63) is 30.1 Å². The number of pyridine rings is 1. The number of hydrogen-bond acceptors (Lipinski definition) is 7. The predicted octanol–water partition coefficient (Wildman–Crippen LogP) is 1.02. The lowest BCUT2D eigenvalue weighted by Crippen LogP contribution is -2.51. The van der Waals surface area contributed by atoms with Gasteiger partial charge < -0.3 is 15.0 Å². The molecule has 0 unspecified atom stereocenters. The summed E-state index contributed by atoms with van der Waals surface area (Å²) < 4.78 is 30.8. The largest absolute Gasteiger partial charge is 0.444 e. The van der Waals surface area contributed by atoms with E-state index in [9.17, 15) is 18.0 Å². The van der Waals surface area contributed by atoms with Crippen molar-refractivity contribution in [1.29, 1.82) is 0 Å². The first-order chi connectivity index (χ1) is 14.5. The summed E-state index contributed by atoms with van der Waals surface area (Å²) in [5.41, 5.74) is -0.00517. The zero-order chi connectivity index (χ0) is 22.8. The number of piperazine rings is 1. The molecule has 1 N–H and O–H groups in total. The zero-order valence-electron chi connectivity index (χ0n) is 18.3. The quantitative estimate of drug-likeness (QED) is 0.722. The Balaban J connectivity index is 1.53. The molecule has 0 atom stereocenters. The van der Waals surface area contributed by atoms with Crippen molar-refractivity contribution >= 4 is 27.4 Å². The van der Waals surface area contributed by atoms with Crippen LogP contribution in [0.3, 0.4) is 0 Å². The van der Waals surface area contributed by atoms with E-state index in [0.717, 1.165) is 6.26 Å². The number of ether oxygens (including phenoxy) is 1. The molecule has 0 aliphatic carbocycles. The van der Waals surface area contributed by atoms with Crippen LogP contribution in [0.4, 0.5) is 4.79 Å². The summed E-state index contributed by atoms with van der Waals surface area (Å²) in [7, 11) is -3.58. The smallest absolute Gasteiger partial charge is 0.410 e. The van der Waals surface area contributed by atoms with Gasteiger partial charge in [0, 0.05) is 51.7 Å². The van der Waals surface area contributed by atoms with E-state index in [1.165, 1.54) is 4.40 Å². The topological polar surface area (TPSA) is 113 Å². The molecule has 1 fully saturated rings. The molecule has 1 aliphatic heterocycles. The minimum atomic E-state index is -3.58. The van der Waals surface area contributed by atoms with Crippen LogP contribution in [0.5, 0.6) is 0 Å². The van der Waals surface area contributed by atoms with Crippen LogP contribution < -0.4 is 5.32 Å². The number of imidazole rings is 1. The summed E-state index contributed by atoms with van der Waals surface area (Å²) in [6.07, 6.45) is 2.32. The van der Waals surface area contributed by atoms with Crippen LogP contribution in [0.15, 0.2) is 29.6 Å². The monoisotopic (exact) mass is 451 g/mol. The summed E-state index contributed by atoms with van der Waals surface area (Å²) in [6.45, 7) is 8.99. The summed E-state index contributed by atoms with van der Waals surface area (Å²) in [6, 6.07) is 5.07. The highest BCUT2D eigenvalue weighted by Gasteiger charge is 2.26. The highest BCUT2D eigenvalue weighted by atomic mass is 32.2. The second-order valence-corrected chi connectivity index (χ2v) is 10.4. The average Bonchev–Trinajstić information content (AvgIpc) is 3.07. The molecule has 0 spiro atoms. The molecule has 1 saturated heterocycles. The Morgan fingerprint density at radius 3 is 2.45 bits per heavy atom. The Hall–Kier alpha value is -2.66. The molecule has 2 amide bonds. The number of rotatable bonds is 5. The molecule has 31 heavy (non-hydrogen) atoms. The van der Waals surface area contributed by atoms with Gasteiger partial charge in [-0.25, -0.2) is 18.2 Å². The van der Waals surface area contributed by atoms with Crippen molar-refractivity contribution in [3.63, 3.8) is 0 Å². The highest BCUT2D eigenvalue weighted by Crippen LogP contribution is 2.17. The number of carbonyl (C=O) groups excluding carboxylic acids is 2. The van der Waals surface area contributed by atoms with Gasteiger partial charge in [-0.05, 0) is 32.9 Å². The van der Waals surface area contributed by atoms with E-state index in [4.69, 9.17) is 4.74 Å². The summed E-state index contributed by atoms with van der Waals surface area (Å²) >= 11 is 0. The third-order valence-electron chi connectivity index (χ3n) is 4.80. The number of nitrogens with zero attached hydrogens (tertiary/aromatic N) is 4. The Morgan fingerprint density at radius 1 is 1.16 bits per heavy atom. The van der Waals surface area contributed by atoms with Crippen molar-refractivity contribution in [2.24, 2.45) is 0 Å². The molecule has 3 rings (SSSR count). The van der Waals surface area contributed by atoms with Crippen molar-refractivity contribution < 1.29 is 22.7 Å². The fourth-order valence-electron chi connectivity index (χ4n) is 3.33. The number of nitrogens with one attached hydrogen (secondary N) is 1. The van der Waals surface area contributed by atoms with Crippen molar-refractivity contribution in [3.8, 4) is 0 Å². The Bertz CT molecular complexity index is 1070. The molecule has 0 radical (unpaired) electrons. The Morgan fingerprint density at radius 2 is 1.84 bits per heavy atom. The molecule has 170 valence electrons. The number of sulfone groups is 1. The molecule has 0 bridgehead atoms. The van der Waals surface area contributed by atoms with Gasteiger partial charge in [-0.3, -0.25) is 14.1 Å². The minimum absolute atomic E-state index is 0.0794. The zero-order valence-corrected chi connectivity index (χ0v) is 19.1. The van der Waals surface area contributed by atoms with E-state index in [1.54, 1.807) is 29.3 Å². The van der Waals surface area contributed by atoms with Gasteiger partial charge in [0.05, 0.1) is 5.52 Å². The summed E-state index contributed by atoms with van der Waals surface area (Å²) in [5.74, 6) is -0.425. The lowest BCUT2D eigenvalue weighted by Gasteiger charge is -2.35. The maximum Gasteiger partial charge on any atom is 0.410 e. The molecule has 10 nitrogen and oxygen atoms in total. The maximum absolute atomic E-state index is 12.6. The summed E-state index contributed by atoms with van der Waals surface area (Å²) in [4.78, 5) is 32.7. The van der Waals surface area contributed by atoms with Crippen molar-refractivity contribution in [2.75, 3.05) is 45.5 Å². The van der Waals surface area contributed by atoms with Crippen LogP contribution >= 0.6 is 0 Å². The fourth-order valence-corrected chi connectivity index (χ4v) is 4.10. The number of fused-ring (bicyclic) bond motifs is 1. The van der Waals surface area contributed by atoms with Gasteiger partial charge in [0.2, 0.25) is 15.0 Å². The molecule has 0 saturated carbocycles. The molecular weight excluding hydrogens is 422 g/mol. The average molecular weight is 452 g/mol. The van der Waals surface area contributed by atoms with E-state index in [0.29, 0.717) is 44.8 Å². The molecule has 11 heteroatoms. The van der Waals surface area contributed by atoms with Gasteiger partial charge >= 0.3 is 6.09 Å². The third-order valence-corrected chi connectivity index (χ3v) is 5.75. The molecule has 2 aromatic rings. The van der Waals surface area contributed by atoms with Crippen molar-refractivity contribution in [2.45, 2.75) is 31.5 Å². The second-order valence-electron chi connectivity index (χ2n) is 8.54.